The number of amides is 1. The Morgan fingerprint density at radius 2 is 1.92 bits per heavy atom. The summed E-state index contributed by atoms with van der Waals surface area (Å²) < 4.78 is 2.87. The second kappa shape index (κ2) is 6.71. The first-order valence-corrected chi connectivity index (χ1v) is 10.8. The van der Waals surface area contributed by atoms with Crippen LogP contribution in [0.15, 0.2) is 10.7 Å². The van der Waals surface area contributed by atoms with Crippen molar-refractivity contribution < 1.29 is 4.79 Å². The molecule has 5 rings (SSSR count). The van der Waals surface area contributed by atoms with E-state index >= 15 is 0 Å². The number of rotatable bonds is 6. The molecular weight excluding hydrogens is 378 g/mol. The van der Waals surface area contributed by atoms with Gasteiger partial charge in [-0.2, -0.15) is 5.10 Å². The Balaban J connectivity index is 1.37. The molecule has 1 atom stereocenters. The maximum Gasteiger partial charge on any atom is 0.222 e. The van der Waals surface area contributed by atoms with E-state index in [-0.39, 0.29) is 5.91 Å². The normalized spacial score (nSPS) is 34.3. The fraction of sp³-hybridized carbons (Fsp3) is 0.800. The highest BCUT2D eigenvalue weighted by atomic mass is 79.9. The van der Waals surface area contributed by atoms with Gasteiger partial charge in [0.1, 0.15) is 0 Å². The average molecular weight is 408 g/mol. The summed E-state index contributed by atoms with van der Waals surface area (Å²) in [4.78, 5) is 12.6. The van der Waals surface area contributed by atoms with E-state index in [1.54, 1.807) is 0 Å². The average Bonchev–Trinajstić information content (AvgIpc) is 2.87. The number of hydrogen-bond donors (Lipinski definition) is 1. The molecule has 5 heteroatoms. The lowest BCUT2D eigenvalue weighted by Gasteiger charge is -2.59. The third kappa shape index (κ3) is 3.41. The monoisotopic (exact) mass is 407 g/mol. The van der Waals surface area contributed by atoms with Gasteiger partial charge in [-0.05, 0) is 91.0 Å². The third-order valence-electron chi connectivity index (χ3n) is 7.02. The van der Waals surface area contributed by atoms with Gasteiger partial charge in [0.15, 0.2) is 0 Å². The first-order valence-electron chi connectivity index (χ1n) is 9.96. The van der Waals surface area contributed by atoms with Crippen LogP contribution in [0.1, 0.15) is 64.0 Å². The van der Waals surface area contributed by atoms with Crippen molar-refractivity contribution in [3.8, 4) is 0 Å². The minimum atomic E-state index is 0.187. The molecule has 1 heterocycles. The fourth-order valence-electron chi connectivity index (χ4n) is 6.38. The van der Waals surface area contributed by atoms with Crippen LogP contribution in [0.5, 0.6) is 0 Å². The van der Waals surface area contributed by atoms with Crippen LogP contribution in [0.3, 0.4) is 0 Å². The second-order valence-corrected chi connectivity index (χ2v) is 9.74. The lowest BCUT2D eigenvalue weighted by Crippen LogP contribution is -2.56. The van der Waals surface area contributed by atoms with Gasteiger partial charge in [-0.25, -0.2) is 0 Å². The molecule has 4 fully saturated rings. The highest BCUT2D eigenvalue weighted by molar-refractivity contribution is 9.10. The largest absolute Gasteiger partial charge is 0.353 e. The lowest BCUT2D eigenvalue weighted by atomic mass is 9.47. The Kier molecular flexibility index (Phi) is 4.72. The van der Waals surface area contributed by atoms with Gasteiger partial charge in [0.25, 0.3) is 0 Å². The molecule has 0 aliphatic heterocycles. The lowest BCUT2D eigenvalue weighted by molar-refractivity contribution is -0.126. The summed E-state index contributed by atoms with van der Waals surface area (Å²) in [7, 11) is 0. The Morgan fingerprint density at radius 3 is 2.40 bits per heavy atom. The van der Waals surface area contributed by atoms with Crippen LogP contribution < -0.4 is 5.32 Å². The number of nitrogens with one attached hydrogen (secondary N) is 1. The zero-order valence-corrected chi connectivity index (χ0v) is 17.0. The summed E-state index contributed by atoms with van der Waals surface area (Å²) in [6.45, 7) is 4.87. The quantitative estimate of drug-likeness (QED) is 0.756. The minimum Gasteiger partial charge on any atom is -0.353 e. The third-order valence-corrected chi connectivity index (χ3v) is 7.80. The molecule has 1 aromatic rings. The highest BCUT2D eigenvalue weighted by Crippen LogP contribution is 2.61. The van der Waals surface area contributed by atoms with E-state index in [9.17, 15) is 4.79 Å². The predicted molar refractivity (Wildman–Crippen MR) is 102 cm³/mol. The van der Waals surface area contributed by atoms with Crippen LogP contribution >= 0.6 is 15.9 Å². The van der Waals surface area contributed by atoms with Crippen molar-refractivity contribution in [3.05, 3.63) is 16.4 Å². The van der Waals surface area contributed by atoms with Crippen LogP contribution in [0.25, 0.3) is 0 Å². The molecule has 25 heavy (non-hydrogen) atoms. The predicted octanol–water partition coefficient (Wildman–Crippen LogP) is 4.46. The van der Waals surface area contributed by atoms with E-state index in [4.69, 9.17) is 0 Å². The summed E-state index contributed by atoms with van der Waals surface area (Å²) in [6, 6.07) is 0.361. The van der Waals surface area contributed by atoms with Crippen LogP contribution in [-0.4, -0.2) is 21.7 Å². The molecule has 0 spiro atoms. The molecule has 1 unspecified atom stereocenters. The number of aryl methyl sites for hydroxylation is 2. The van der Waals surface area contributed by atoms with Gasteiger partial charge in [-0.1, -0.05) is 6.92 Å². The number of carbonyl (C=O) groups is 1. The molecule has 1 N–H and O–H groups in total. The van der Waals surface area contributed by atoms with E-state index in [0.29, 0.717) is 24.4 Å². The molecule has 4 saturated carbocycles. The molecule has 4 aliphatic rings. The number of hydrogen-bond acceptors (Lipinski definition) is 2. The molecule has 138 valence electrons. The molecule has 1 aromatic heterocycles. The van der Waals surface area contributed by atoms with Crippen LogP contribution in [0.4, 0.5) is 0 Å². The van der Waals surface area contributed by atoms with E-state index in [2.05, 4.69) is 33.3 Å². The molecule has 0 radical (unpaired) electrons. The van der Waals surface area contributed by atoms with E-state index in [1.807, 2.05) is 17.8 Å². The number of halogens is 1. The Morgan fingerprint density at radius 1 is 1.32 bits per heavy atom. The molecular formula is C20H30BrN3O. The molecule has 4 bridgehead atoms. The van der Waals surface area contributed by atoms with Crippen molar-refractivity contribution in [2.45, 2.75) is 77.8 Å². The van der Waals surface area contributed by atoms with Crippen LogP contribution in [0.2, 0.25) is 0 Å². The minimum absolute atomic E-state index is 0.187. The van der Waals surface area contributed by atoms with E-state index in [1.165, 1.54) is 38.5 Å². The first-order chi connectivity index (χ1) is 12.0. The number of carbonyl (C=O) groups excluding carboxylic acids is 1. The van der Waals surface area contributed by atoms with Crippen molar-refractivity contribution in [2.24, 2.45) is 23.2 Å². The zero-order chi connectivity index (χ0) is 17.6. The van der Waals surface area contributed by atoms with Crippen molar-refractivity contribution >= 4 is 21.8 Å². The first kappa shape index (κ1) is 17.6. The van der Waals surface area contributed by atoms with Gasteiger partial charge in [0.05, 0.1) is 10.2 Å². The van der Waals surface area contributed by atoms with Gasteiger partial charge in [-0.3, -0.25) is 9.48 Å². The Hall–Kier alpha value is -0.840. The highest BCUT2D eigenvalue weighted by Gasteiger charge is 2.53. The molecule has 1 amide bonds. The topological polar surface area (TPSA) is 46.9 Å². The fourth-order valence-corrected chi connectivity index (χ4v) is 6.70. The maximum absolute atomic E-state index is 12.6. The van der Waals surface area contributed by atoms with Crippen molar-refractivity contribution in [2.75, 3.05) is 0 Å². The Bertz CT molecular complexity index is 599. The summed E-state index contributed by atoms with van der Waals surface area (Å²) >= 11 is 3.48. The Labute approximate surface area is 159 Å². The van der Waals surface area contributed by atoms with Gasteiger partial charge < -0.3 is 5.32 Å². The summed E-state index contributed by atoms with van der Waals surface area (Å²) in [6.07, 6.45) is 11.9. The summed E-state index contributed by atoms with van der Waals surface area (Å²) in [5, 5.41) is 7.85. The molecule has 0 saturated heterocycles. The van der Waals surface area contributed by atoms with Gasteiger partial charge in [-0.15, -0.1) is 0 Å². The van der Waals surface area contributed by atoms with Crippen LogP contribution in [0, 0.1) is 30.1 Å². The van der Waals surface area contributed by atoms with E-state index in [0.717, 1.165) is 34.3 Å². The molecule has 0 aromatic carbocycles. The van der Waals surface area contributed by atoms with Crippen molar-refractivity contribution in [1.82, 2.24) is 15.1 Å². The van der Waals surface area contributed by atoms with Gasteiger partial charge >= 0.3 is 0 Å². The van der Waals surface area contributed by atoms with Gasteiger partial charge in [0, 0.05) is 25.2 Å². The standard InChI is InChI=1S/C20H30BrN3O/c1-3-18(20-9-14-6-15(10-20)8-16(7-14)11-20)22-19(25)4-5-24-12-17(21)13(2)23-24/h12,14-16,18H,3-11H2,1-2H3,(H,22,25). The van der Waals surface area contributed by atoms with Gasteiger partial charge in [0.2, 0.25) is 5.91 Å². The summed E-state index contributed by atoms with van der Waals surface area (Å²) in [5.41, 5.74) is 1.37. The number of nitrogens with zero attached hydrogens (tertiary/aromatic N) is 2. The maximum atomic E-state index is 12.6. The van der Waals surface area contributed by atoms with Crippen molar-refractivity contribution in [3.63, 3.8) is 0 Å². The second-order valence-electron chi connectivity index (χ2n) is 8.88. The molecule has 4 aliphatic carbocycles. The molecule has 4 nitrogen and oxygen atoms in total. The van der Waals surface area contributed by atoms with E-state index < -0.39 is 0 Å². The van der Waals surface area contributed by atoms with Crippen LogP contribution in [-0.2, 0) is 11.3 Å². The zero-order valence-electron chi connectivity index (χ0n) is 15.4. The number of aromatic nitrogens is 2. The SMILES string of the molecule is CCC(NC(=O)CCn1cc(Br)c(C)n1)C12CC3CC(CC(C3)C1)C2. The summed E-state index contributed by atoms with van der Waals surface area (Å²) in [5.74, 6) is 2.98. The smallest absolute Gasteiger partial charge is 0.222 e. The van der Waals surface area contributed by atoms with Crippen molar-refractivity contribution in [1.29, 1.82) is 0 Å².